The number of carbonyl (C=O) groups is 1. The van der Waals surface area contributed by atoms with Crippen molar-refractivity contribution in [2.75, 3.05) is 24.6 Å². The molecule has 6 heteroatoms. The van der Waals surface area contributed by atoms with Crippen molar-refractivity contribution in [3.63, 3.8) is 0 Å². The van der Waals surface area contributed by atoms with Gasteiger partial charge in [0.15, 0.2) is 11.5 Å². The van der Waals surface area contributed by atoms with E-state index in [1.165, 1.54) is 5.56 Å². The molecule has 1 aliphatic heterocycles. The van der Waals surface area contributed by atoms with Crippen LogP contribution in [0.15, 0.2) is 36.4 Å². The van der Waals surface area contributed by atoms with E-state index >= 15 is 0 Å². The lowest BCUT2D eigenvalue weighted by molar-refractivity contribution is -0.119. The average molecular weight is 378 g/mol. The van der Waals surface area contributed by atoms with Crippen LogP contribution in [-0.4, -0.2) is 40.8 Å². The number of nitrogens with zero attached hydrogens (tertiary/aromatic N) is 4. The van der Waals surface area contributed by atoms with E-state index in [2.05, 4.69) is 36.2 Å². The Hall–Kier alpha value is -2.78. The van der Waals surface area contributed by atoms with Crippen molar-refractivity contribution in [2.45, 2.75) is 32.6 Å². The maximum Gasteiger partial charge on any atom is 0.163 e. The van der Waals surface area contributed by atoms with E-state index in [0.717, 1.165) is 5.56 Å². The maximum absolute atomic E-state index is 12.6. The molecule has 1 unspecified atom stereocenters. The lowest BCUT2D eigenvalue weighted by atomic mass is 9.90. The molecule has 1 saturated heterocycles. The number of aliphatic hydroxyl groups excluding tert-OH is 1. The molecule has 2 aromatic rings. The fourth-order valence-electron chi connectivity index (χ4n) is 3.73. The Labute approximate surface area is 165 Å². The largest absolute Gasteiger partial charge is 0.396 e. The molecule has 0 saturated carbocycles. The second kappa shape index (κ2) is 8.94. The predicted molar refractivity (Wildman–Crippen MR) is 107 cm³/mol. The minimum absolute atomic E-state index is 0.0321. The first kappa shape index (κ1) is 20.0. The van der Waals surface area contributed by atoms with Gasteiger partial charge >= 0.3 is 0 Å². The molecule has 1 aromatic heterocycles. The number of aromatic nitrogens is 2. The summed E-state index contributed by atoms with van der Waals surface area (Å²) in [7, 11) is 0. The smallest absolute Gasteiger partial charge is 0.163 e. The van der Waals surface area contributed by atoms with Crippen molar-refractivity contribution >= 4 is 11.6 Å². The van der Waals surface area contributed by atoms with Gasteiger partial charge in [-0.1, -0.05) is 38.1 Å². The molecule has 3 rings (SSSR count). The molecule has 1 aromatic carbocycles. The molecule has 2 heterocycles. The first-order valence-electron chi connectivity index (χ1n) is 9.70. The van der Waals surface area contributed by atoms with Gasteiger partial charge in [-0.05, 0) is 35.1 Å². The van der Waals surface area contributed by atoms with Gasteiger partial charge in [-0.25, -0.2) is 0 Å². The highest BCUT2D eigenvalue weighted by Crippen LogP contribution is 2.29. The molecule has 146 valence electrons. The van der Waals surface area contributed by atoms with Gasteiger partial charge in [0.05, 0.1) is 0 Å². The number of carbonyl (C=O) groups excluding carboxylic acids is 1. The highest BCUT2D eigenvalue weighted by molar-refractivity contribution is 5.81. The Morgan fingerprint density at radius 3 is 2.46 bits per heavy atom. The number of hydrogen-bond acceptors (Lipinski definition) is 6. The van der Waals surface area contributed by atoms with Crippen molar-refractivity contribution in [3.05, 3.63) is 53.2 Å². The Bertz CT molecular complexity index is 840. The number of rotatable bonds is 7. The minimum atomic E-state index is 0.0321. The Kier molecular flexibility index (Phi) is 6.37. The summed E-state index contributed by atoms with van der Waals surface area (Å²) in [4.78, 5) is 14.6. The van der Waals surface area contributed by atoms with Gasteiger partial charge < -0.3 is 10.0 Å². The molecule has 6 nitrogen and oxygen atoms in total. The summed E-state index contributed by atoms with van der Waals surface area (Å²) in [5.74, 6) is 1.46. The normalized spacial score (nSPS) is 19.0. The first-order valence-corrected chi connectivity index (χ1v) is 9.70. The van der Waals surface area contributed by atoms with Crippen LogP contribution in [0.25, 0.3) is 0 Å². The average Bonchev–Trinajstić information content (AvgIpc) is 3.11. The number of hydrogen-bond donors (Lipinski definition) is 1. The van der Waals surface area contributed by atoms with Crippen LogP contribution in [0.2, 0.25) is 0 Å². The van der Waals surface area contributed by atoms with Gasteiger partial charge in [-0.2, -0.15) is 5.26 Å². The van der Waals surface area contributed by atoms with Gasteiger partial charge in [-0.3, -0.25) is 4.79 Å². The van der Waals surface area contributed by atoms with E-state index in [1.54, 1.807) is 12.1 Å². The molecular weight excluding hydrogens is 352 g/mol. The molecule has 28 heavy (non-hydrogen) atoms. The van der Waals surface area contributed by atoms with Gasteiger partial charge in [0, 0.05) is 38.5 Å². The van der Waals surface area contributed by atoms with Crippen LogP contribution in [0.3, 0.4) is 0 Å². The zero-order valence-corrected chi connectivity index (χ0v) is 16.4. The van der Waals surface area contributed by atoms with Crippen molar-refractivity contribution in [1.82, 2.24) is 10.2 Å². The molecule has 1 fully saturated rings. The van der Waals surface area contributed by atoms with Crippen molar-refractivity contribution < 1.29 is 9.90 Å². The van der Waals surface area contributed by atoms with E-state index in [9.17, 15) is 9.90 Å². The van der Waals surface area contributed by atoms with E-state index in [0.29, 0.717) is 37.7 Å². The number of Topliss-reactive ketones (excluding diaryl/α,β-unsaturated/α-hetero) is 1. The minimum Gasteiger partial charge on any atom is -0.396 e. The van der Waals surface area contributed by atoms with Crippen molar-refractivity contribution in [2.24, 2.45) is 11.8 Å². The number of benzene rings is 1. The second-order valence-electron chi connectivity index (χ2n) is 7.81. The van der Waals surface area contributed by atoms with E-state index in [1.807, 2.05) is 23.1 Å². The topological polar surface area (TPSA) is 90.1 Å². The number of nitriles is 1. The zero-order valence-electron chi connectivity index (χ0n) is 16.4. The summed E-state index contributed by atoms with van der Waals surface area (Å²) in [6.45, 7) is 5.64. The summed E-state index contributed by atoms with van der Waals surface area (Å²) in [5.41, 5.74) is 2.58. The Balaban J connectivity index is 1.60. The van der Waals surface area contributed by atoms with Gasteiger partial charge in [0.1, 0.15) is 11.9 Å². The maximum atomic E-state index is 12.6. The van der Waals surface area contributed by atoms with Crippen LogP contribution in [0, 0.1) is 23.2 Å². The van der Waals surface area contributed by atoms with Crippen LogP contribution in [0.5, 0.6) is 0 Å². The van der Waals surface area contributed by atoms with Crippen molar-refractivity contribution in [1.29, 1.82) is 5.26 Å². The van der Waals surface area contributed by atoms with Crippen LogP contribution in [0.4, 0.5) is 5.82 Å². The monoisotopic (exact) mass is 378 g/mol. The van der Waals surface area contributed by atoms with Crippen LogP contribution < -0.4 is 4.90 Å². The standard InChI is InChI=1S/C22H26N4O2/c1-15(2)17-5-3-16(4-6-17)9-21(28)10-18-12-26(13-19(18)14-27)22-8-7-20(11-23)24-25-22/h3-8,15,18-19,27H,9-10,12-14H2,1-2H3/t18?,19-/m0/s1. The predicted octanol–water partition coefficient (Wildman–Crippen LogP) is 2.72. The Morgan fingerprint density at radius 1 is 1.18 bits per heavy atom. The third-order valence-corrected chi connectivity index (χ3v) is 5.44. The summed E-state index contributed by atoms with van der Waals surface area (Å²) in [6.07, 6.45) is 0.862. The fraction of sp³-hybridized carbons (Fsp3) is 0.455. The molecule has 2 atom stereocenters. The van der Waals surface area contributed by atoms with E-state index in [-0.39, 0.29) is 29.9 Å². The SMILES string of the molecule is CC(C)c1ccc(CC(=O)CC2CN(c3ccc(C#N)nn3)C[C@H]2CO)cc1. The molecule has 1 aliphatic rings. The van der Waals surface area contributed by atoms with Crippen LogP contribution >= 0.6 is 0 Å². The summed E-state index contributed by atoms with van der Waals surface area (Å²) < 4.78 is 0. The summed E-state index contributed by atoms with van der Waals surface area (Å²) >= 11 is 0. The summed E-state index contributed by atoms with van der Waals surface area (Å²) in [6, 6.07) is 13.6. The van der Waals surface area contributed by atoms with E-state index in [4.69, 9.17) is 5.26 Å². The fourth-order valence-corrected chi connectivity index (χ4v) is 3.73. The van der Waals surface area contributed by atoms with Gasteiger partial charge in [0.25, 0.3) is 0 Å². The third-order valence-electron chi connectivity index (χ3n) is 5.44. The highest BCUT2D eigenvalue weighted by atomic mass is 16.3. The van der Waals surface area contributed by atoms with Crippen molar-refractivity contribution in [3.8, 4) is 6.07 Å². The molecule has 0 amide bonds. The number of anilines is 1. The van der Waals surface area contributed by atoms with Crippen LogP contribution in [-0.2, 0) is 11.2 Å². The number of aliphatic hydroxyl groups is 1. The van der Waals surface area contributed by atoms with Crippen LogP contribution in [0.1, 0.15) is 43.0 Å². The molecule has 0 spiro atoms. The van der Waals surface area contributed by atoms with E-state index < -0.39 is 0 Å². The Morgan fingerprint density at radius 2 is 1.89 bits per heavy atom. The molecule has 1 N–H and O–H groups in total. The third kappa shape index (κ3) is 4.73. The quantitative estimate of drug-likeness (QED) is 0.797. The number of ketones is 1. The highest BCUT2D eigenvalue weighted by Gasteiger charge is 2.34. The lowest BCUT2D eigenvalue weighted by Gasteiger charge is -2.16. The van der Waals surface area contributed by atoms with Gasteiger partial charge in [-0.15, -0.1) is 10.2 Å². The lowest BCUT2D eigenvalue weighted by Crippen LogP contribution is -2.22. The first-order chi connectivity index (χ1) is 13.5. The summed E-state index contributed by atoms with van der Waals surface area (Å²) in [5, 5.41) is 26.6. The zero-order chi connectivity index (χ0) is 20.1. The molecule has 0 bridgehead atoms. The van der Waals surface area contributed by atoms with Gasteiger partial charge in [0.2, 0.25) is 0 Å². The molecular formula is C22H26N4O2. The second-order valence-corrected chi connectivity index (χ2v) is 7.81. The molecule has 0 aliphatic carbocycles. The molecule has 0 radical (unpaired) electrons.